The van der Waals surface area contributed by atoms with Crippen molar-refractivity contribution in [1.29, 1.82) is 0 Å². The maximum Gasteiger partial charge on any atom is 0.543 e. The Morgan fingerprint density at radius 1 is 1.10 bits per heavy atom. The van der Waals surface area contributed by atoms with Gasteiger partial charge in [0.15, 0.2) is 0 Å². The minimum atomic E-state index is -1.00. The van der Waals surface area contributed by atoms with E-state index in [9.17, 15) is 9.59 Å². The molecule has 114 valence electrons. The van der Waals surface area contributed by atoms with Gasteiger partial charge in [-0.25, -0.2) is 14.5 Å². The highest BCUT2D eigenvalue weighted by Gasteiger charge is 2.23. The van der Waals surface area contributed by atoms with E-state index in [1.807, 2.05) is 0 Å². The fourth-order valence-electron chi connectivity index (χ4n) is 2.34. The molecule has 0 aromatic heterocycles. The van der Waals surface area contributed by atoms with Gasteiger partial charge in [0, 0.05) is 0 Å². The second-order valence-electron chi connectivity index (χ2n) is 5.15. The lowest BCUT2D eigenvalue weighted by atomic mass is 9.89. The van der Waals surface area contributed by atoms with E-state index in [1.54, 1.807) is 30.3 Å². The van der Waals surface area contributed by atoms with Gasteiger partial charge in [-0.3, -0.25) is 4.89 Å². The number of carbonyl (C=O) groups excluding carboxylic acids is 2. The van der Waals surface area contributed by atoms with E-state index in [4.69, 9.17) is 4.74 Å². The second-order valence-corrected chi connectivity index (χ2v) is 5.15. The molecular weight excluding hydrogens is 276 g/mol. The van der Waals surface area contributed by atoms with Crippen LogP contribution >= 0.6 is 0 Å². The lowest BCUT2D eigenvalue weighted by molar-refractivity contribution is -0.453. The van der Waals surface area contributed by atoms with E-state index in [1.165, 1.54) is 0 Å². The molecule has 6 heteroatoms. The molecule has 0 N–H and O–H groups in total. The van der Waals surface area contributed by atoms with Crippen LogP contribution in [0.1, 0.15) is 43.0 Å². The maximum atomic E-state index is 11.5. The molecule has 1 saturated carbocycles. The summed E-state index contributed by atoms with van der Waals surface area (Å²) in [6.07, 6.45) is 2.59. The topological polar surface area (TPSA) is 71.1 Å². The van der Waals surface area contributed by atoms with Crippen LogP contribution in [0.15, 0.2) is 30.3 Å². The molecule has 1 aromatic rings. The van der Waals surface area contributed by atoms with Crippen LogP contribution in [0.4, 0.5) is 4.79 Å². The minimum absolute atomic E-state index is 0.172. The fraction of sp³-hybridized carbons (Fsp3) is 0.467. The van der Waals surface area contributed by atoms with Crippen molar-refractivity contribution in [3.05, 3.63) is 35.9 Å². The zero-order valence-electron chi connectivity index (χ0n) is 11.8. The van der Waals surface area contributed by atoms with Gasteiger partial charge in [-0.15, -0.1) is 0 Å². The molecule has 0 amide bonds. The Morgan fingerprint density at radius 3 is 2.57 bits per heavy atom. The predicted molar refractivity (Wildman–Crippen MR) is 71.9 cm³/mol. The minimum Gasteiger partial charge on any atom is -0.429 e. The molecule has 6 nitrogen and oxygen atoms in total. The molecule has 21 heavy (non-hydrogen) atoms. The van der Waals surface area contributed by atoms with Gasteiger partial charge in [-0.2, -0.15) is 0 Å². The Balaban J connectivity index is 1.66. The first-order valence-electron chi connectivity index (χ1n) is 6.96. The van der Waals surface area contributed by atoms with E-state index < -0.39 is 12.1 Å². The third kappa shape index (κ3) is 5.07. The normalized spacial score (nSPS) is 21.4. The molecule has 0 heterocycles. The van der Waals surface area contributed by atoms with Crippen LogP contribution in [0.2, 0.25) is 0 Å². The monoisotopic (exact) mass is 294 g/mol. The van der Waals surface area contributed by atoms with E-state index in [2.05, 4.69) is 21.7 Å². The number of ether oxygens (including phenoxy) is 1. The van der Waals surface area contributed by atoms with Crippen molar-refractivity contribution in [1.82, 2.24) is 0 Å². The quantitative estimate of drug-likeness (QED) is 0.481. The average Bonchev–Trinajstić information content (AvgIpc) is 2.48. The SMILES string of the molecule is CC1CCCC(OC(=O)OOOC(=O)c2ccccc2)C1. The number of hydrogen-bond donors (Lipinski definition) is 0. The summed E-state index contributed by atoms with van der Waals surface area (Å²) in [5, 5.41) is 4.16. The zero-order valence-corrected chi connectivity index (χ0v) is 11.8. The van der Waals surface area contributed by atoms with Crippen molar-refractivity contribution in [3.8, 4) is 0 Å². The number of hydrogen-bond acceptors (Lipinski definition) is 6. The maximum absolute atomic E-state index is 11.5. The third-order valence-corrected chi connectivity index (χ3v) is 3.37. The summed E-state index contributed by atoms with van der Waals surface area (Å²) < 4.78 is 5.07. The summed E-state index contributed by atoms with van der Waals surface area (Å²) in [7, 11) is 0. The summed E-state index contributed by atoms with van der Waals surface area (Å²) >= 11 is 0. The van der Waals surface area contributed by atoms with E-state index in [-0.39, 0.29) is 11.7 Å². The highest BCUT2D eigenvalue weighted by atomic mass is 17.5. The molecule has 2 atom stereocenters. The van der Waals surface area contributed by atoms with Gasteiger partial charge in [0.2, 0.25) is 0 Å². The fourth-order valence-corrected chi connectivity index (χ4v) is 2.34. The van der Waals surface area contributed by atoms with Crippen LogP contribution in [0.25, 0.3) is 0 Å². The summed E-state index contributed by atoms with van der Waals surface area (Å²) in [5.74, 6) is -0.233. The third-order valence-electron chi connectivity index (χ3n) is 3.37. The van der Waals surface area contributed by atoms with E-state index in [0.29, 0.717) is 5.92 Å². The first kappa shape index (κ1) is 15.3. The Bertz CT molecular complexity index is 472. The number of carbonyl (C=O) groups is 2. The van der Waals surface area contributed by atoms with Crippen LogP contribution in [0.3, 0.4) is 0 Å². The van der Waals surface area contributed by atoms with Crippen molar-refractivity contribution >= 4 is 12.1 Å². The van der Waals surface area contributed by atoms with Gasteiger partial charge in [-0.1, -0.05) is 31.5 Å². The Labute approximate surface area is 122 Å². The van der Waals surface area contributed by atoms with Crippen LogP contribution in [0, 0.1) is 5.92 Å². The first-order valence-corrected chi connectivity index (χ1v) is 6.96. The smallest absolute Gasteiger partial charge is 0.429 e. The van der Waals surface area contributed by atoms with Crippen molar-refractivity contribution < 1.29 is 29.1 Å². The molecule has 0 bridgehead atoms. The van der Waals surface area contributed by atoms with Crippen molar-refractivity contribution in [2.24, 2.45) is 5.92 Å². The average molecular weight is 294 g/mol. The van der Waals surface area contributed by atoms with Crippen LogP contribution in [-0.2, 0) is 19.6 Å². The summed E-state index contributed by atoms with van der Waals surface area (Å²) in [4.78, 5) is 31.5. The van der Waals surface area contributed by atoms with Gasteiger partial charge in [0.25, 0.3) is 0 Å². The molecule has 1 aromatic carbocycles. The zero-order chi connectivity index (χ0) is 15.1. The standard InChI is InChI=1S/C15H18O6/c1-11-6-5-9-13(10-11)18-15(17)20-21-19-14(16)12-7-3-2-4-8-12/h2-4,7-8,11,13H,5-6,9-10H2,1H3. The molecule has 0 saturated heterocycles. The van der Waals surface area contributed by atoms with Gasteiger partial charge in [0.05, 0.1) is 10.6 Å². The highest BCUT2D eigenvalue weighted by Crippen LogP contribution is 2.25. The molecule has 1 fully saturated rings. The second kappa shape index (κ2) is 7.64. The van der Waals surface area contributed by atoms with Crippen molar-refractivity contribution in [2.45, 2.75) is 38.7 Å². The van der Waals surface area contributed by atoms with Crippen LogP contribution in [-0.4, -0.2) is 18.2 Å². The van der Waals surface area contributed by atoms with E-state index >= 15 is 0 Å². The molecule has 1 aliphatic carbocycles. The number of benzene rings is 1. The largest absolute Gasteiger partial charge is 0.543 e. The Kier molecular flexibility index (Phi) is 5.57. The Hall–Kier alpha value is -2.08. The van der Waals surface area contributed by atoms with Crippen LogP contribution < -0.4 is 0 Å². The molecule has 2 rings (SSSR count). The molecule has 2 unspecified atom stereocenters. The number of rotatable bonds is 4. The molecular formula is C15H18O6. The molecule has 1 aliphatic rings. The highest BCUT2D eigenvalue weighted by molar-refractivity contribution is 5.88. The summed E-state index contributed by atoms with van der Waals surface area (Å²) in [6.45, 7) is 2.11. The lowest BCUT2D eigenvalue weighted by Gasteiger charge is -2.25. The molecule has 0 aliphatic heterocycles. The van der Waals surface area contributed by atoms with Crippen LogP contribution in [0.5, 0.6) is 0 Å². The summed E-state index contributed by atoms with van der Waals surface area (Å²) in [5.41, 5.74) is 0.288. The lowest BCUT2D eigenvalue weighted by Crippen LogP contribution is -2.25. The van der Waals surface area contributed by atoms with Crippen molar-refractivity contribution in [3.63, 3.8) is 0 Å². The molecule has 0 radical (unpaired) electrons. The van der Waals surface area contributed by atoms with Crippen molar-refractivity contribution in [2.75, 3.05) is 0 Å². The molecule has 0 spiro atoms. The van der Waals surface area contributed by atoms with Gasteiger partial charge >= 0.3 is 12.1 Å². The Morgan fingerprint density at radius 2 is 1.86 bits per heavy atom. The van der Waals surface area contributed by atoms with Gasteiger partial charge in [-0.05, 0) is 37.3 Å². The van der Waals surface area contributed by atoms with E-state index in [0.717, 1.165) is 25.7 Å². The van der Waals surface area contributed by atoms with Gasteiger partial charge in [0.1, 0.15) is 6.10 Å². The van der Waals surface area contributed by atoms with Gasteiger partial charge < -0.3 is 4.74 Å². The predicted octanol–water partition coefficient (Wildman–Crippen LogP) is 3.42. The summed E-state index contributed by atoms with van der Waals surface area (Å²) in [6, 6.07) is 8.21. The first-order chi connectivity index (χ1) is 10.1.